The molecule has 2 atom stereocenters. The Morgan fingerprint density at radius 1 is 1.24 bits per heavy atom. The fourth-order valence-corrected chi connectivity index (χ4v) is 3.83. The lowest BCUT2D eigenvalue weighted by molar-refractivity contribution is 0.0761. The number of hydrogen-bond acceptors (Lipinski definition) is 6. The topological polar surface area (TPSA) is 57.0 Å². The average molecular weight is 365 g/mol. The summed E-state index contributed by atoms with van der Waals surface area (Å²) in [5.74, 6) is 2.75. The first-order valence-electron chi connectivity index (χ1n) is 8.37. The Kier molecular flexibility index (Phi) is 4.58. The number of ether oxygens (including phenoxy) is 3. The minimum Gasteiger partial charge on any atom is -0.454 e. The Morgan fingerprint density at radius 3 is 2.76 bits per heavy atom. The number of hydrogen-bond donors (Lipinski definition) is 0. The van der Waals surface area contributed by atoms with Crippen molar-refractivity contribution in [2.75, 3.05) is 27.0 Å². The van der Waals surface area contributed by atoms with Gasteiger partial charge in [0.05, 0.1) is 11.8 Å². The van der Waals surface area contributed by atoms with Crippen LogP contribution < -0.4 is 9.47 Å². The molecule has 2 aliphatic rings. The molecule has 0 aliphatic carbocycles. The van der Waals surface area contributed by atoms with E-state index < -0.39 is 0 Å². The molecule has 0 radical (unpaired) electrons. The van der Waals surface area contributed by atoms with Gasteiger partial charge in [0.2, 0.25) is 6.79 Å². The molecule has 4 rings (SSSR count). The molecule has 1 fully saturated rings. The van der Waals surface area contributed by atoms with E-state index in [0.29, 0.717) is 16.7 Å². The molecule has 1 aromatic heterocycles. The summed E-state index contributed by atoms with van der Waals surface area (Å²) in [6, 6.07) is 5.79. The Morgan fingerprint density at radius 2 is 2.04 bits per heavy atom. The second-order valence-corrected chi connectivity index (χ2v) is 7.07. The van der Waals surface area contributed by atoms with Crippen LogP contribution in [-0.4, -0.2) is 43.2 Å². The number of nitrogens with zero attached hydrogens (tertiary/aromatic N) is 2. The van der Waals surface area contributed by atoms with Gasteiger partial charge >= 0.3 is 0 Å². The van der Waals surface area contributed by atoms with Crippen LogP contribution in [0.15, 0.2) is 22.7 Å². The summed E-state index contributed by atoms with van der Waals surface area (Å²) >= 11 is 6.41. The summed E-state index contributed by atoms with van der Waals surface area (Å²) in [6.45, 7) is 4.72. The largest absolute Gasteiger partial charge is 0.454 e. The van der Waals surface area contributed by atoms with E-state index in [9.17, 15) is 0 Å². The molecule has 25 heavy (non-hydrogen) atoms. The van der Waals surface area contributed by atoms with Crippen LogP contribution in [0, 0.1) is 12.8 Å². The molecule has 0 unspecified atom stereocenters. The zero-order valence-electron chi connectivity index (χ0n) is 14.3. The molecule has 0 N–H and O–H groups in total. The SMILES string of the molecule is CO[C@H]1CN(Cc2cc3c(cc2Cl)OCO3)C[C@H]1Cc1cc(C)no1. The van der Waals surface area contributed by atoms with Gasteiger partial charge in [-0.2, -0.15) is 0 Å². The molecule has 3 heterocycles. The van der Waals surface area contributed by atoms with E-state index in [-0.39, 0.29) is 12.9 Å². The van der Waals surface area contributed by atoms with Gasteiger partial charge < -0.3 is 18.7 Å². The van der Waals surface area contributed by atoms with Gasteiger partial charge in [-0.3, -0.25) is 4.90 Å². The van der Waals surface area contributed by atoms with Gasteiger partial charge in [0, 0.05) is 56.2 Å². The molecule has 0 amide bonds. The smallest absolute Gasteiger partial charge is 0.231 e. The average Bonchev–Trinajstić information content (AvgIpc) is 3.29. The highest BCUT2D eigenvalue weighted by Gasteiger charge is 2.34. The molecule has 0 bridgehead atoms. The van der Waals surface area contributed by atoms with Gasteiger partial charge in [0.25, 0.3) is 0 Å². The van der Waals surface area contributed by atoms with Crippen LogP contribution in [0.1, 0.15) is 17.0 Å². The minimum absolute atomic E-state index is 0.165. The normalized spacial score (nSPS) is 22.7. The lowest BCUT2D eigenvalue weighted by Gasteiger charge is -2.16. The summed E-state index contributed by atoms with van der Waals surface area (Å²) in [5.41, 5.74) is 1.95. The number of halogens is 1. The Bertz CT molecular complexity index is 764. The van der Waals surface area contributed by atoms with Crippen molar-refractivity contribution in [2.24, 2.45) is 5.92 Å². The van der Waals surface area contributed by atoms with E-state index in [1.165, 1.54) is 0 Å². The first kappa shape index (κ1) is 16.7. The van der Waals surface area contributed by atoms with Crippen molar-refractivity contribution in [3.05, 3.63) is 40.2 Å². The Labute approximate surface area is 151 Å². The summed E-state index contributed by atoms with van der Waals surface area (Å²) < 4.78 is 21.9. The molecule has 0 spiro atoms. The van der Waals surface area contributed by atoms with Crippen molar-refractivity contribution in [3.8, 4) is 11.5 Å². The lowest BCUT2D eigenvalue weighted by Crippen LogP contribution is -2.23. The number of methoxy groups -OCH3 is 1. The van der Waals surface area contributed by atoms with Crippen LogP contribution in [-0.2, 0) is 17.7 Å². The minimum atomic E-state index is 0.165. The van der Waals surface area contributed by atoms with Crippen molar-refractivity contribution in [2.45, 2.75) is 26.0 Å². The van der Waals surface area contributed by atoms with Crippen molar-refractivity contribution in [3.63, 3.8) is 0 Å². The third-order valence-electron chi connectivity index (χ3n) is 4.84. The zero-order valence-corrected chi connectivity index (χ0v) is 15.1. The fourth-order valence-electron chi connectivity index (χ4n) is 3.61. The molecule has 1 aromatic carbocycles. The van der Waals surface area contributed by atoms with Crippen LogP contribution in [0.25, 0.3) is 0 Å². The number of fused-ring (bicyclic) bond motifs is 1. The number of rotatable bonds is 5. The second-order valence-electron chi connectivity index (χ2n) is 6.66. The molecule has 0 saturated carbocycles. The van der Waals surface area contributed by atoms with E-state index >= 15 is 0 Å². The van der Waals surface area contributed by atoms with Crippen LogP contribution >= 0.6 is 11.6 Å². The quantitative estimate of drug-likeness (QED) is 0.812. The lowest BCUT2D eigenvalue weighted by atomic mass is 10.0. The van der Waals surface area contributed by atoms with E-state index in [1.54, 1.807) is 7.11 Å². The molecule has 2 aliphatic heterocycles. The molecule has 7 heteroatoms. The number of aromatic nitrogens is 1. The van der Waals surface area contributed by atoms with Gasteiger partial charge in [-0.1, -0.05) is 16.8 Å². The van der Waals surface area contributed by atoms with Gasteiger partial charge in [-0.05, 0) is 18.6 Å². The first-order valence-corrected chi connectivity index (χ1v) is 8.75. The first-order chi connectivity index (χ1) is 12.1. The predicted molar refractivity (Wildman–Crippen MR) is 92.1 cm³/mol. The third-order valence-corrected chi connectivity index (χ3v) is 5.19. The maximum absolute atomic E-state index is 6.41. The van der Waals surface area contributed by atoms with Crippen molar-refractivity contribution in [1.29, 1.82) is 0 Å². The maximum atomic E-state index is 6.41. The van der Waals surface area contributed by atoms with Crippen molar-refractivity contribution in [1.82, 2.24) is 10.1 Å². The summed E-state index contributed by atoms with van der Waals surface area (Å²) in [7, 11) is 1.76. The summed E-state index contributed by atoms with van der Waals surface area (Å²) in [4.78, 5) is 2.35. The second kappa shape index (κ2) is 6.86. The highest BCUT2D eigenvalue weighted by Crippen LogP contribution is 2.37. The van der Waals surface area contributed by atoms with Crippen LogP contribution in [0.4, 0.5) is 0 Å². The van der Waals surface area contributed by atoms with Crippen LogP contribution in [0.3, 0.4) is 0 Å². The maximum Gasteiger partial charge on any atom is 0.231 e. The van der Waals surface area contributed by atoms with E-state index in [2.05, 4.69) is 10.1 Å². The van der Waals surface area contributed by atoms with Gasteiger partial charge in [0.1, 0.15) is 5.76 Å². The molecule has 6 nitrogen and oxygen atoms in total. The summed E-state index contributed by atoms with van der Waals surface area (Å²) in [5, 5.41) is 4.67. The Balaban J connectivity index is 1.45. The molecule has 1 saturated heterocycles. The predicted octanol–water partition coefficient (Wildman–Crippen LogP) is 3.05. The van der Waals surface area contributed by atoms with Gasteiger partial charge in [-0.15, -0.1) is 0 Å². The van der Waals surface area contributed by atoms with Gasteiger partial charge in [0.15, 0.2) is 11.5 Å². The van der Waals surface area contributed by atoms with E-state index in [4.69, 9.17) is 30.3 Å². The van der Waals surface area contributed by atoms with E-state index in [0.717, 1.165) is 48.8 Å². The molecular weight excluding hydrogens is 344 g/mol. The van der Waals surface area contributed by atoms with Gasteiger partial charge in [-0.25, -0.2) is 0 Å². The number of aryl methyl sites for hydroxylation is 1. The zero-order chi connectivity index (χ0) is 17.4. The number of benzene rings is 1. The fraction of sp³-hybridized carbons (Fsp3) is 0.500. The molecular formula is C18H21ClN2O4. The van der Waals surface area contributed by atoms with Crippen LogP contribution in [0.2, 0.25) is 5.02 Å². The molecule has 134 valence electrons. The number of likely N-dealkylation sites (tertiary alicyclic amines) is 1. The van der Waals surface area contributed by atoms with Crippen LogP contribution in [0.5, 0.6) is 11.5 Å². The van der Waals surface area contributed by atoms with Crippen molar-refractivity contribution >= 4 is 11.6 Å². The molecule has 2 aromatic rings. The highest BCUT2D eigenvalue weighted by molar-refractivity contribution is 6.31. The van der Waals surface area contributed by atoms with Crippen molar-refractivity contribution < 1.29 is 18.7 Å². The monoisotopic (exact) mass is 364 g/mol. The summed E-state index contributed by atoms with van der Waals surface area (Å²) in [6.07, 6.45) is 0.989. The Hall–Kier alpha value is -1.76. The highest BCUT2D eigenvalue weighted by atomic mass is 35.5. The van der Waals surface area contributed by atoms with E-state index in [1.807, 2.05) is 25.1 Å². The third kappa shape index (κ3) is 3.47. The standard InChI is InChI=1S/C18H21ClN2O4/c1-11-3-14(25-20-11)4-13-8-21(9-18(13)22-2)7-12-5-16-17(6-15(12)19)24-10-23-16/h3,5-6,13,18H,4,7-10H2,1-2H3/t13-,18+/m1/s1.